The molecule has 1 heterocycles. The molecule has 0 spiro atoms. The zero-order valence-electron chi connectivity index (χ0n) is 8.86. The van der Waals surface area contributed by atoms with E-state index in [0.717, 1.165) is 25.9 Å². The third-order valence-electron chi connectivity index (χ3n) is 2.47. The van der Waals surface area contributed by atoms with E-state index in [-0.39, 0.29) is 12.7 Å². The first kappa shape index (κ1) is 13.8. The Morgan fingerprint density at radius 2 is 2.12 bits per heavy atom. The third kappa shape index (κ3) is 5.16. The number of hydrogen-bond donors (Lipinski definition) is 1. The quantitative estimate of drug-likeness (QED) is 0.827. The molecule has 6 heteroatoms. The summed E-state index contributed by atoms with van der Waals surface area (Å²) in [5, 5.41) is 9.09. The lowest BCUT2D eigenvalue weighted by atomic mass is 10.1. The van der Waals surface area contributed by atoms with Crippen molar-refractivity contribution >= 4 is 29.2 Å². The van der Waals surface area contributed by atoms with Crippen molar-refractivity contribution in [2.45, 2.75) is 18.9 Å². The topological polar surface area (TPSA) is 49.8 Å². The van der Waals surface area contributed by atoms with Gasteiger partial charge in [0.05, 0.1) is 6.10 Å². The van der Waals surface area contributed by atoms with Crippen LogP contribution >= 0.6 is 23.2 Å². The van der Waals surface area contributed by atoms with Gasteiger partial charge in [0.25, 0.3) is 0 Å². The summed E-state index contributed by atoms with van der Waals surface area (Å²) in [7, 11) is 0. The van der Waals surface area contributed by atoms with E-state index >= 15 is 0 Å². The Morgan fingerprint density at radius 1 is 1.50 bits per heavy atom. The van der Waals surface area contributed by atoms with Crippen molar-refractivity contribution in [2.75, 3.05) is 26.2 Å². The van der Waals surface area contributed by atoms with Gasteiger partial charge in [0.15, 0.2) is 0 Å². The normalized spacial score (nSPS) is 20.0. The van der Waals surface area contributed by atoms with Crippen LogP contribution < -0.4 is 0 Å². The number of carbonyl (C=O) groups is 1. The van der Waals surface area contributed by atoms with Gasteiger partial charge in [0.1, 0.15) is 6.61 Å². The van der Waals surface area contributed by atoms with Crippen molar-refractivity contribution < 1.29 is 14.6 Å². The van der Waals surface area contributed by atoms with Gasteiger partial charge in [-0.2, -0.15) is 0 Å². The van der Waals surface area contributed by atoms with Crippen molar-refractivity contribution in [3.05, 3.63) is 10.6 Å². The molecule has 0 unspecified atom stereocenters. The van der Waals surface area contributed by atoms with Crippen molar-refractivity contribution in [2.24, 2.45) is 0 Å². The van der Waals surface area contributed by atoms with Crippen LogP contribution in [0.3, 0.4) is 0 Å². The Balaban J connectivity index is 2.20. The lowest BCUT2D eigenvalue weighted by Gasteiger charge is -2.31. The lowest BCUT2D eigenvalue weighted by Crippen LogP contribution is -2.38. The smallest absolute Gasteiger partial charge is 0.329 e. The number of rotatable bonds is 5. The minimum atomic E-state index is -0.921. The van der Waals surface area contributed by atoms with E-state index in [1.54, 1.807) is 0 Å². The summed E-state index contributed by atoms with van der Waals surface area (Å²) in [6.45, 7) is 2.14. The zero-order chi connectivity index (χ0) is 12.0. The predicted molar refractivity (Wildman–Crippen MR) is 62.8 cm³/mol. The Bertz CT molecular complexity index is 263. The van der Waals surface area contributed by atoms with Crippen LogP contribution in [0.25, 0.3) is 0 Å². The summed E-state index contributed by atoms with van der Waals surface area (Å²) in [4.78, 5) is 12.5. The van der Waals surface area contributed by atoms with Crippen LogP contribution in [-0.4, -0.2) is 48.3 Å². The zero-order valence-corrected chi connectivity index (χ0v) is 10.4. The number of halogens is 2. The second-order valence-corrected chi connectivity index (χ2v) is 4.44. The molecule has 0 aromatic heterocycles. The van der Waals surface area contributed by atoms with E-state index in [4.69, 9.17) is 33.0 Å². The van der Waals surface area contributed by atoms with Crippen molar-refractivity contribution in [1.29, 1.82) is 0 Å². The molecule has 0 atom stereocenters. The average Bonchev–Trinajstić information content (AvgIpc) is 2.28. The Labute approximate surface area is 105 Å². The number of nitrogens with zero attached hydrogens (tertiary/aromatic N) is 1. The van der Waals surface area contributed by atoms with Gasteiger partial charge in [-0.25, -0.2) is 4.79 Å². The van der Waals surface area contributed by atoms with E-state index in [1.807, 2.05) is 0 Å². The molecular formula is C10H15Cl2NO3. The molecule has 16 heavy (non-hydrogen) atoms. The van der Waals surface area contributed by atoms with Crippen LogP contribution in [-0.2, 0) is 9.53 Å². The van der Waals surface area contributed by atoms with E-state index < -0.39 is 5.97 Å². The molecule has 1 saturated heterocycles. The molecule has 0 saturated carbocycles. The molecule has 0 amide bonds. The molecule has 0 aromatic rings. The molecule has 1 aliphatic rings. The Morgan fingerprint density at radius 3 is 2.62 bits per heavy atom. The SMILES string of the molecule is O=C(O)COC1CCN(CC(Cl)=CCl)CC1. The maximum absolute atomic E-state index is 10.3. The molecule has 1 fully saturated rings. The lowest BCUT2D eigenvalue weighted by molar-refractivity contribution is -0.145. The summed E-state index contributed by atoms with van der Waals surface area (Å²) in [6.07, 6.45) is 1.71. The molecular weight excluding hydrogens is 253 g/mol. The number of ether oxygens (including phenoxy) is 1. The first-order valence-electron chi connectivity index (χ1n) is 5.12. The second kappa shape index (κ2) is 7.12. The van der Waals surface area contributed by atoms with E-state index in [0.29, 0.717) is 11.6 Å². The van der Waals surface area contributed by atoms with E-state index in [1.165, 1.54) is 5.54 Å². The molecule has 92 valence electrons. The standard InChI is InChI=1S/C10H15Cl2NO3/c11-5-8(12)6-13-3-1-9(2-4-13)16-7-10(14)15/h5,9H,1-4,6-7H2,(H,14,15). The Kier molecular flexibility index (Phi) is 6.13. The van der Waals surface area contributed by atoms with Gasteiger partial charge < -0.3 is 9.84 Å². The summed E-state index contributed by atoms with van der Waals surface area (Å²) >= 11 is 11.3. The van der Waals surface area contributed by atoms with E-state index in [9.17, 15) is 4.79 Å². The molecule has 0 bridgehead atoms. The molecule has 0 aromatic carbocycles. The third-order valence-corrected chi connectivity index (χ3v) is 3.07. The van der Waals surface area contributed by atoms with Gasteiger partial charge >= 0.3 is 5.97 Å². The molecule has 0 radical (unpaired) electrons. The fraction of sp³-hybridized carbons (Fsp3) is 0.700. The van der Waals surface area contributed by atoms with Gasteiger partial charge in [0, 0.05) is 30.2 Å². The predicted octanol–water partition coefficient (Wildman–Crippen LogP) is 1.87. The first-order valence-corrected chi connectivity index (χ1v) is 5.93. The Hall–Kier alpha value is -0.290. The van der Waals surface area contributed by atoms with Crippen LogP contribution in [0.4, 0.5) is 0 Å². The van der Waals surface area contributed by atoms with Gasteiger partial charge in [-0.1, -0.05) is 23.2 Å². The number of carboxylic acids is 1. The summed E-state index contributed by atoms with van der Waals surface area (Å²) in [6, 6.07) is 0. The van der Waals surface area contributed by atoms with Crippen molar-refractivity contribution in [1.82, 2.24) is 4.90 Å². The van der Waals surface area contributed by atoms with Crippen molar-refractivity contribution in [3.8, 4) is 0 Å². The summed E-state index contributed by atoms with van der Waals surface area (Å²) < 4.78 is 5.22. The maximum atomic E-state index is 10.3. The van der Waals surface area contributed by atoms with Crippen LogP contribution in [0.15, 0.2) is 10.6 Å². The average molecular weight is 268 g/mol. The number of hydrogen-bond acceptors (Lipinski definition) is 3. The molecule has 4 nitrogen and oxygen atoms in total. The van der Waals surface area contributed by atoms with Crippen LogP contribution in [0.5, 0.6) is 0 Å². The summed E-state index contributed by atoms with van der Waals surface area (Å²) in [5.41, 5.74) is 1.37. The molecule has 1 N–H and O–H groups in total. The fourth-order valence-electron chi connectivity index (χ4n) is 1.67. The molecule has 0 aliphatic carbocycles. The highest BCUT2D eigenvalue weighted by atomic mass is 35.5. The first-order chi connectivity index (χ1) is 7.61. The minimum Gasteiger partial charge on any atom is -0.480 e. The van der Waals surface area contributed by atoms with E-state index in [2.05, 4.69) is 4.90 Å². The number of carboxylic acid groups (broad SMARTS) is 1. The minimum absolute atomic E-state index is 0.0473. The maximum Gasteiger partial charge on any atom is 0.329 e. The van der Waals surface area contributed by atoms with Crippen LogP contribution in [0, 0.1) is 0 Å². The van der Waals surface area contributed by atoms with Gasteiger partial charge in [-0.05, 0) is 12.8 Å². The number of aliphatic carboxylic acids is 1. The van der Waals surface area contributed by atoms with Gasteiger partial charge in [0.2, 0.25) is 0 Å². The molecule has 1 aliphatic heterocycles. The molecule has 1 rings (SSSR count). The van der Waals surface area contributed by atoms with Gasteiger partial charge in [-0.3, -0.25) is 4.90 Å². The highest BCUT2D eigenvalue weighted by Crippen LogP contribution is 2.16. The second-order valence-electron chi connectivity index (χ2n) is 3.74. The largest absolute Gasteiger partial charge is 0.480 e. The van der Waals surface area contributed by atoms with Gasteiger partial charge in [-0.15, -0.1) is 0 Å². The van der Waals surface area contributed by atoms with Crippen LogP contribution in [0.2, 0.25) is 0 Å². The van der Waals surface area contributed by atoms with Crippen molar-refractivity contribution in [3.63, 3.8) is 0 Å². The number of piperidine rings is 1. The monoisotopic (exact) mass is 267 g/mol. The number of likely N-dealkylation sites (tertiary alicyclic amines) is 1. The fourth-order valence-corrected chi connectivity index (χ4v) is 1.91. The summed E-state index contributed by atoms with van der Waals surface area (Å²) in [5.74, 6) is -0.921. The highest BCUT2D eigenvalue weighted by Gasteiger charge is 2.20. The van der Waals surface area contributed by atoms with Crippen LogP contribution in [0.1, 0.15) is 12.8 Å². The highest BCUT2D eigenvalue weighted by molar-refractivity contribution is 6.36.